The minimum atomic E-state index is 0.906. The zero-order valence-corrected chi connectivity index (χ0v) is 21.1. The molecule has 39 heavy (non-hydrogen) atoms. The normalized spacial score (nSPS) is 12.3. The van der Waals surface area contributed by atoms with Gasteiger partial charge in [0, 0.05) is 10.9 Å². The summed E-state index contributed by atoms with van der Waals surface area (Å²) in [6.45, 7) is 0. The summed E-state index contributed by atoms with van der Waals surface area (Å²) in [5.74, 6) is 1.84. The van der Waals surface area contributed by atoms with Crippen molar-refractivity contribution in [1.29, 1.82) is 0 Å². The van der Waals surface area contributed by atoms with Crippen molar-refractivity contribution in [3.63, 3.8) is 0 Å². The van der Waals surface area contributed by atoms with E-state index in [0.29, 0.717) is 0 Å². The largest absolute Gasteiger partial charge is 0.456 e. The highest BCUT2D eigenvalue weighted by Gasteiger charge is 2.23. The van der Waals surface area contributed by atoms with Crippen LogP contribution in [0, 0.1) is 0 Å². The maximum Gasteiger partial charge on any atom is 0.136 e. The maximum atomic E-state index is 6.59. The summed E-state index contributed by atoms with van der Waals surface area (Å²) in [6.07, 6.45) is 0. The Morgan fingerprint density at radius 1 is 0.359 bits per heavy atom. The van der Waals surface area contributed by atoms with Gasteiger partial charge in [0.25, 0.3) is 0 Å². The Morgan fingerprint density at radius 3 is 1.92 bits per heavy atom. The Morgan fingerprint density at radius 2 is 1.05 bits per heavy atom. The fraction of sp³-hybridized carbons (Fsp3) is 0. The summed E-state index contributed by atoms with van der Waals surface area (Å²) >= 11 is 0. The summed E-state index contributed by atoms with van der Waals surface area (Å²) in [5.41, 5.74) is 4.85. The van der Waals surface area contributed by atoms with Crippen LogP contribution in [0.2, 0.25) is 0 Å². The van der Waals surface area contributed by atoms with Crippen molar-refractivity contribution in [1.82, 2.24) is 0 Å². The molecule has 0 N–H and O–H groups in total. The molecule has 1 heterocycles. The van der Waals surface area contributed by atoms with Gasteiger partial charge in [0.2, 0.25) is 0 Å². The number of ether oxygens (including phenoxy) is 1. The van der Waals surface area contributed by atoms with E-state index in [1.807, 2.05) is 0 Å². The second-order valence-corrected chi connectivity index (χ2v) is 10.5. The van der Waals surface area contributed by atoms with E-state index < -0.39 is 0 Å². The van der Waals surface area contributed by atoms with Crippen LogP contribution in [0.4, 0.5) is 0 Å². The second-order valence-electron chi connectivity index (χ2n) is 10.5. The predicted octanol–water partition coefficient (Wildman–Crippen LogP) is 10.9. The summed E-state index contributed by atoms with van der Waals surface area (Å²) < 4.78 is 6.59. The molecular weight excluding hydrogens is 472 g/mol. The average molecular weight is 495 g/mol. The SMILES string of the molecule is c1ccc2c(-c3ccc4c(c3)-c3cccc5c3c(cc3ccccc35)O4)c3c(ccc4ccccc43)cc2c1. The third-order valence-corrected chi connectivity index (χ3v) is 8.38. The van der Waals surface area contributed by atoms with E-state index in [1.54, 1.807) is 0 Å². The lowest BCUT2D eigenvalue weighted by Gasteiger charge is -2.23. The van der Waals surface area contributed by atoms with Crippen molar-refractivity contribution in [3.8, 4) is 33.8 Å². The second kappa shape index (κ2) is 7.69. The Labute approximate surface area is 225 Å². The predicted molar refractivity (Wildman–Crippen MR) is 165 cm³/mol. The lowest BCUT2D eigenvalue weighted by atomic mass is 9.86. The van der Waals surface area contributed by atoms with Gasteiger partial charge in [-0.15, -0.1) is 0 Å². The number of hydrogen-bond donors (Lipinski definition) is 0. The number of fused-ring (bicyclic) bond motifs is 8. The van der Waals surface area contributed by atoms with E-state index in [-0.39, 0.29) is 0 Å². The van der Waals surface area contributed by atoms with E-state index in [2.05, 4.69) is 133 Å². The molecule has 0 aliphatic carbocycles. The minimum absolute atomic E-state index is 0.906. The van der Waals surface area contributed by atoms with Crippen LogP contribution in [0.3, 0.4) is 0 Å². The fourth-order valence-corrected chi connectivity index (χ4v) is 6.67. The van der Waals surface area contributed by atoms with E-state index in [1.165, 1.54) is 70.6 Å². The molecule has 0 saturated carbocycles. The molecule has 0 radical (unpaired) electrons. The van der Waals surface area contributed by atoms with Gasteiger partial charge in [0.05, 0.1) is 0 Å². The van der Waals surface area contributed by atoms with Gasteiger partial charge in [0.15, 0.2) is 0 Å². The van der Waals surface area contributed by atoms with Crippen LogP contribution in [0.1, 0.15) is 0 Å². The summed E-state index contributed by atoms with van der Waals surface area (Å²) in [7, 11) is 0. The Kier molecular flexibility index (Phi) is 4.11. The fourth-order valence-electron chi connectivity index (χ4n) is 6.67. The van der Waals surface area contributed by atoms with Crippen LogP contribution in [0.15, 0.2) is 133 Å². The van der Waals surface area contributed by atoms with Crippen molar-refractivity contribution < 1.29 is 4.74 Å². The van der Waals surface area contributed by atoms with Gasteiger partial charge in [-0.25, -0.2) is 0 Å². The molecule has 0 bridgehead atoms. The summed E-state index contributed by atoms with van der Waals surface area (Å²) in [6, 6.07) is 48.4. The molecule has 1 aliphatic heterocycles. The third kappa shape index (κ3) is 2.90. The molecule has 180 valence electrons. The molecule has 8 aromatic rings. The first-order valence-electron chi connectivity index (χ1n) is 13.4. The highest BCUT2D eigenvalue weighted by atomic mass is 16.5. The van der Waals surface area contributed by atoms with Crippen LogP contribution < -0.4 is 4.74 Å². The molecular formula is C38H22O. The first-order valence-corrected chi connectivity index (χ1v) is 13.4. The Bertz CT molecular complexity index is 2310. The smallest absolute Gasteiger partial charge is 0.136 e. The average Bonchev–Trinajstić information content (AvgIpc) is 3.00. The van der Waals surface area contributed by atoms with E-state index >= 15 is 0 Å². The molecule has 0 spiro atoms. The van der Waals surface area contributed by atoms with Crippen molar-refractivity contribution in [2.24, 2.45) is 0 Å². The van der Waals surface area contributed by atoms with Crippen molar-refractivity contribution in [2.75, 3.05) is 0 Å². The van der Waals surface area contributed by atoms with Crippen LogP contribution >= 0.6 is 0 Å². The van der Waals surface area contributed by atoms with Gasteiger partial charge in [-0.1, -0.05) is 109 Å². The first-order chi connectivity index (χ1) is 19.3. The Hall–Kier alpha value is -5.14. The molecule has 0 saturated heterocycles. The number of benzene rings is 8. The van der Waals surface area contributed by atoms with E-state index in [4.69, 9.17) is 4.74 Å². The van der Waals surface area contributed by atoms with E-state index in [0.717, 1.165) is 17.1 Å². The standard InChI is InChI=1S/C38H22O/c1-5-12-29-23(8-1)16-17-26-20-24-9-3-6-13-30(24)37(36(26)29)27-18-19-34-33(21-27)32-15-7-14-31-28-11-4-2-10-25(28)22-35(39-34)38(31)32/h1-22H. The van der Waals surface area contributed by atoms with Gasteiger partial charge in [0.1, 0.15) is 11.5 Å². The molecule has 0 amide bonds. The van der Waals surface area contributed by atoms with Crippen molar-refractivity contribution in [2.45, 2.75) is 0 Å². The monoisotopic (exact) mass is 494 g/mol. The van der Waals surface area contributed by atoms with Gasteiger partial charge >= 0.3 is 0 Å². The number of rotatable bonds is 1. The first kappa shape index (κ1) is 20.9. The quantitative estimate of drug-likeness (QED) is 0.163. The lowest BCUT2D eigenvalue weighted by molar-refractivity contribution is 0.488. The molecule has 8 aromatic carbocycles. The van der Waals surface area contributed by atoms with E-state index in [9.17, 15) is 0 Å². The number of hydrogen-bond acceptors (Lipinski definition) is 1. The maximum absolute atomic E-state index is 6.59. The van der Waals surface area contributed by atoms with Crippen LogP contribution in [-0.2, 0) is 0 Å². The molecule has 0 unspecified atom stereocenters. The summed E-state index contributed by atoms with van der Waals surface area (Å²) in [4.78, 5) is 0. The molecule has 0 aromatic heterocycles. The van der Waals surface area contributed by atoms with Gasteiger partial charge in [-0.3, -0.25) is 0 Å². The molecule has 0 fully saturated rings. The Balaban J connectivity index is 1.39. The molecule has 9 rings (SSSR count). The highest BCUT2D eigenvalue weighted by Crippen LogP contribution is 2.50. The van der Waals surface area contributed by atoms with Gasteiger partial charge in [-0.2, -0.15) is 0 Å². The topological polar surface area (TPSA) is 9.23 Å². The zero-order valence-electron chi connectivity index (χ0n) is 21.1. The third-order valence-electron chi connectivity index (χ3n) is 8.38. The van der Waals surface area contributed by atoms with Crippen molar-refractivity contribution >= 4 is 53.9 Å². The van der Waals surface area contributed by atoms with Crippen LogP contribution in [-0.4, -0.2) is 0 Å². The molecule has 1 heteroatoms. The highest BCUT2D eigenvalue weighted by molar-refractivity contribution is 6.22. The van der Waals surface area contributed by atoms with Gasteiger partial charge in [-0.05, 0) is 89.4 Å². The summed E-state index contributed by atoms with van der Waals surface area (Å²) in [5, 5.41) is 12.5. The van der Waals surface area contributed by atoms with Gasteiger partial charge < -0.3 is 4.74 Å². The molecule has 1 nitrogen and oxygen atoms in total. The lowest BCUT2D eigenvalue weighted by Crippen LogP contribution is -1.98. The van der Waals surface area contributed by atoms with Crippen LogP contribution in [0.5, 0.6) is 11.5 Å². The van der Waals surface area contributed by atoms with Crippen LogP contribution in [0.25, 0.3) is 76.1 Å². The minimum Gasteiger partial charge on any atom is -0.456 e. The zero-order chi connectivity index (χ0) is 25.5. The molecule has 0 atom stereocenters. The van der Waals surface area contributed by atoms with Crippen molar-refractivity contribution in [3.05, 3.63) is 133 Å². The molecule has 1 aliphatic rings.